The van der Waals surface area contributed by atoms with Gasteiger partial charge in [0.2, 0.25) is 5.91 Å². The van der Waals surface area contributed by atoms with Crippen molar-refractivity contribution in [3.8, 4) is 11.5 Å². The minimum Gasteiger partial charge on any atom is -0.493 e. The van der Waals surface area contributed by atoms with Gasteiger partial charge in [0.15, 0.2) is 11.5 Å². The van der Waals surface area contributed by atoms with Gasteiger partial charge in [-0.3, -0.25) is 9.59 Å². The molecule has 7 heteroatoms. The topological polar surface area (TPSA) is 67.9 Å². The molecule has 0 saturated heterocycles. The van der Waals surface area contributed by atoms with Gasteiger partial charge in [0.25, 0.3) is 5.91 Å². The third-order valence-electron chi connectivity index (χ3n) is 6.12. The predicted molar refractivity (Wildman–Crippen MR) is 131 cm³/mol. The Bertz CT molecular complexity index is 1180. The first-order valence-corrected chi connectivity index (χ1v) is 11.4. The molecule has 0 saturated carbocycles. The van der Waals surface area contributed by atoms with E-state index in [1.54, 1.807) is 17.0 Å². The number of ether oxygens (including phenoxy) is 2. The number of amides is 2. The first-order chi connectivity index (χ1) is 16.4. The Morgan fingerprint density at radius 3 is 2.32 bits per heavy atom. The number of fused-ring (bicyclic) bond motifs is 1. The number of methoxy groups -OCH3 is 2. The highest BCUT2D eigenvalue weighted by molar-refractivity contribution is 6.30. The number of nitrogens with zero attached hydrogens (tertiary/aromatic N) is 1. The SMILES string of the molecule is COc1cc2c(cc1OC)C(C(=O)NCc1ccccc1)N(CC(C)c1ccc(Cl)cc1)C2=O. The number of benzene rings is 3. The van der Waals surface area contributed by atoms with Crippen LogP contribution >= 0.6 is 11.6 Å². The van der Waals surface area contributed by atoms with Crippen LogP contribution in [-0.2, 0) is 11.3 Å². The Labute approximate surface area is 204 Å². The van der Waals surface area contributed by atoms with Crippen LogP contribution in [-0.4, -0.2) is 37.5 Å². The molecule has 0 aromatic heterocycles. The molecule has 0 radical (unpaired) electrons. The molecule has 34 heavy (non-hydrogen) atoms. The Kier molecular flexibility index (Phi) is 7.08. The zero-order chi connectivity index (χ0) is 24.2. The summed E-state index contributed by atoms with van der Waals surface area (Å²) < 4.78 is 10.9. The number of carbonyl (C=O) groups excluding carboxylic acids is 2. The summed E-state index contributed by atoms with van der Waals surface area (Å²) in [4.78, 5) is 28.6. The predicted octanol–water partition coefficient (Wildman–Crippen LogP) is 4.97. The molecule has 1 aliphatic heterocycles. The van der Waals surface area contributed by atoms with E-state index in [-0.39, 0.29) is 17.7 Å². The third-order valence-corrected chi connectivity index (χ3v) is 6.37. The van der Waals surface area contributed by atoms with Crippen LogP contribution in [0.3, 0.4) is 0 Å². The zero-order valence-electron chi connectivity index (χ0n) is 19.4. The van der Waals surface area contributed by atoms with Gasteiger partial charge < -0.3 is 19.7 Å². The molecule has 0 bridgehead atoms. The molecule has 6 nitrogen and oxygen atoms in total. The normalized spacial score (nSPS) is 15.6. The Morgan fingerprint density at radius 2 is 1.68 bits per heavy atom. The summed E-state index contributed by atoms with van der Waals surface area (Å²) in [6, 6.07) is 19.8. The Hall–Kier alpha value is -3.51. The smallest absolute Gasteiger partial charge is 0.255 e. The fourth-order valence-corrected chi connectivity index (χ4v) is 4.42. The molecule has 0 aliphatic carbocycles. The van der Waals surface area contributed by atoms with Crippen LogP contribution in [0.5, 0.6) is 11.5 Å². The van der Waals surface area contributed by atoms with E-state index in [0.29, 0.717) is 40.7 Å². The minimum atomic E-state index is -0.777. The van der Waals surface area contributed by atoms with E-state index in [0.717, 1.165) is 11.1 Å². The van der Waals surface area contributed by atoms with Gasteiger partial charge in [-0.1, -0.05) is 61.0 Å². The quantitative estimate of drug-likeness (QED) is 0.496. The Morgan fingerprint density at radius 1 is 1.03 bits per heavy atom. The van der Waals surface area contributed by atoms with E-state index in [4.69, 9.17) is 21.1 Å². The maximum absolute atomic E-state index is 13.5. The van der Waals surface area contributed by atoms with Crippen LogP contribution in [0.25, 0.3) is 0 Å². The van der Waals surface area contributed by atoms with Crippen LogP contribution in [0.2, 0.25) is 5.02 Å². The highest BCUT2D eigenvalue weighted by Crippen LogP contribution is 2.41. The summed E-state index contributed by atoms with van der Waals surface area (Å²) in [7, 11) is 3.06. The van der Waals surface area contributed by atoms with Crippen molar-refractivity contribution >= 4 is 23.4 Å². The summed E-state index contributed by atoms with van der Waals surface area (Å²) in [5.74, 6) is 0.458. The first-order valence-electron chi connectivity index (χ1n) is 11.1. The third kappa shape index (κ3) is 4.73. The van der Waals surface area contributed by atoms with Crippen LogP contribution in [0.1, 0.15) is 45.9 Å². The van der Waals surface area contributed by atoms with Gasteiger partial charge >= 0.3 is 0 Å². The second-order valence-electron chi connectivity index (χ2n) is 8.31. The maximum atomic E-state index is 13.5. The fraction of sp³-hybridized carbons (Fsp3) is 0.259. The lowest BCUT2D eigenvalue weighted by molar-refractivity contribution is -0.125. The summed E-state index contributed by atoms with van der Waals surface area (Å²) >= 11 is 6.04. The van der Waals surface area contributed by atoms with E-state index >= 15 is 0 Å². The molecule has 176 valence electrons. The molecular weight excluding hydrogens is 452 g/mol. The largest absolute Gasteiger partial charge is 0.493 e. The number of nitrogens with one attached hydrogen (secondary N) is 1. The number of carbonyl (C=O) groups is 2. The van der Waals surface area contributed by atoms with Crippen LogP contribution < -0.4 is 14.8 Å². The van der Waals surface area contributed by atoms with Crippen LogP contribution in [0.4, 0.5) is 0 Å². The Balaban J connectivity index is 1.66. The molecule has 0 spiro atoms. The molecule has 3 aromatic carbocycles. The van der Waals surface area contributed by atoms with Gasteiger partial charge in [0.05, 0.1) is 14.2 Å². The summed E-state index contributed by atoms with van der Waals surface area (Å²) in [6.45, 7) is 2.76. The standard InChI is InChI=1S/C27H27ClN2O4/c1-17(19-9-11-20(28)12-10-19)16-30-25(26(31)29-15-18-7-5-4-6-8-18)21-13-23(33-2)24(34-3)14-22(21)27(30)32/h4-14,17,25H,15-16H2,1-3H3,(H,29,31). The first kappa shape index (κ1) is 23.6. The van der Waals surface area contributed by atoms with Crippen molar-refractivity contribution in [1.29, 1.82) is 0 Å². The van der Waals surface area contributed by atoms with Crippen molar-refractivity contribution in [3.05, 3.63) is 94.0 Å². The van der Waals surface area contributed by atoms with Gasteiger partial charge in [0, 0.05) is 29.2 Å². The van der Waals surface area contributed by atoms with Gasteiger partial charge in [-0.25, -0.2) is 0 Å². The molecule has 1 N–H and O–H groups in total. The van der Waals surface area contributed by atoms with Gasteiger partial charge in [0.1, 0.15) is 6.04 Å². The van der Waals surface area contributed by atoms with Crippen molar-refractivity contribution in [3.63, 3.8) is 0 Å². The monoisotopic (exact) mass is 478 g/mol. The molecule has 3 aromatic rings. The van der Waals surface area contributed by atoms with Crippen LogP contribution in [0.15, 0.2) is 66.7 Å². The van der Waals surface area contributed by atoms with E-state index in [1.807, 2.05) is 61.5 Å². The zero-order valence-corrected chi connectivity index (χ0v) is 20.1. The minimum absolute atomic E-state index is 0.0104. The lowest BCUT2D eigenvalue weighted by atomic mass is 9.99. The van der Waals surface area contributed by atoms with Gasteiger partial charge in [-0.15, -0.1) is 0 Å². The van der Waals surface area contributed by atoms with Crippen LogP contribution in [0, 0.1) is 0 Å². The highest BCUT2D eigenvalue weighted by Gasteiger charge is 2.42. The van der Waals surface area contributed by atoms with Crippen molar-refractivity contribution in [2.45, 2.75) is 25.4 Å². The molecule has 1 heterocycles. The van der Waals surface area contributed by atoms with E-state index in [9.17, 15) is 9.59 Å². The fourth-order valence-electron chi connectivity index (χ4n) is 4.29. The van der Waals surface area contributed by atoms with E-state index in [2.05, 4.69) is 5.32 Å². The second kappa shape index (κ2) is 10.2. The van der Waals surface area contributed by atoms with Gasteiger partial charge in [-0.05, 0) is 41.3 Å². The molecule has 1 aliphatic rings. The van der Waals surface area contributed by atoms with Crippen molar-refractivity contribution in [2.24, 2.45) is 0 Å². The molecular formula is C27H27ClN2O4. The van der Waals surface area contributed by atoms with Gasteiger partial charge in [-0.2, -0.15) is 0 Å². The highest BCUT2D eigenvalue weighted by atomic mass is 35.5. The number of rotatable bonds is 8. The van der Waals surface area contributed by atoms with Crippen molar-refractivity contribution < 1.29 is 19.1 Å². The molecule has 2 amide bonds. The second-order valence-corrected chi connectivity index (χ2v) is 8.75. The van der Waals surface area contributed by atoms with E-state index in [1.165, 1.54) is 14.2 Å². The summed E-state index contributed by atoms with van der Waals surface area (Å²) in [6.07, 6.45) is 0. The lowest BCUT2D eigenvalue weighted by Gasteiger charge is -2.28. The number of halogens is 1. The molecule has 2 unspecified atom stereocenters. The van der Waals surface area contributed by atoms with Crippen molar-refractivity contribution in [2.75, 3.05) is 20.8 Å². The van der Waals surface area contributed by atoms with Crippen molar-refractivity contribution in [1.82, 2.24) is 10.2 Å². The number of hydrogen-bond acceptors (Lipinski definition) is 4. The molecule has 0 fully saturated rings. The maximum Gasteiger partial charge on any atom is 0.255 e. The molecule has 4 rings (SSSR count). The number of hydrogen-bond donors (Lipinski definition) is 1. The average Bonchev–Trinajstić information content (AvgIpc) is 3.13. The van der Waals surface area contributed by atoms with E-state index < -0.39 is 6.04 Å². The average molecular weight is 479 g/mol. The summed E-state index contributed by atoms with van der Waals surface area (Å²) in [5.41, 5.74) is 3.07. The lowest BCUT2D eigenvalue weighted by Crippen LogP contribution is -2.40. The molecule has 2 atom stereocenters. The summed E-state index contributed by atoms with van der Waals surface area (Å²) in [5, 5.41) is 3.65.